The van der Waals surface area contributed by atoms with Crippen molar-refractivity contribution in [3.8, 4) is 0 Å². The Morgan fingerprint density at radius 2 is 2.18 bits per heavy atom. The van der Waals surface area contributed by atoms with E-state index in [0.29, 0.717) is 0 Å². The summed E-state index contributed by atoms with van der Waals surface area (Å²) in [6.07, 6.45) is 6.10. The first-order chi connectivity index (χ1) is 8.20. The maximum absolute atomic E-state index is 6.12. The summed E-state index contributed by atoms with van der Waals surface area (Å²) in [5.74, 6) is 0. The Labute approximate surface area is 121 Å². The maximum atomic E-state index is 6.12. The highest BCUT2D eigenvalue weighted by Gasteiger charge is 2.17. The van der Waals surface area contributed by atoms with Gasteiger partial charge in [-0.25, -0.2) is 0 Å². The fourth-order valence-corrected chi connectivity index (χ4v) is 3.61. The third-order valence-corrected chi connectivity index (χ3v) is 5.15. The first kappa shape index (κ1) is 13.3. The van der Waals surface area contributed by atoms with Crippen molar-refractivity contribution in [3.05, 3.63) is 21.8 Å². The molecule has 1 unspecified atom stereocenters. The number of anilines is 2. The number of benzene rings is 1. The second kappa shape index (κ2) is 6.18. The van der Waals surface area contributed by atoms with E-state index in [1.165, 1.54) is 28.5 Å². The minimum absolute atomic E-state index is 0.824. The van der Waals surface area contributed by atoms with Gasteiger partial charge in [0.2, 0.25) is 0 Å². The molecule has 1 aliphatic heterocycles. The normalized spacial score (nSPS) is 21.3. The Morgan fingerprint density at radius 3 is 2.88 bits per heavy atom. The molecule has 0 bridgehead atoms. The summed E-state index contributed by atoms with van der Waals surface area (Å²) in [6, 6.07) is 6.37. The second-order valence-corrected chi connectivity index (χ2v) is 6.86. The van der Waals surface area contributed by atoms with Crippen LogP contribution in [0.4, 0.5) is 11.4 Å². The van der Waals surface area contributed by atoms with E-state index in [0.717, 1.165) is 24.0 Å². The summed E-state index contributed by atoms with van der Waals surface area (Å²) in [5.41, 5.74) is 8.25. The summed E-state index contributed by atoms with van der Waals surface area (Å²) in [7, 11) is 0. The number of thioether (sulfide) groups is 1. The molecular formula is C13H19IN2S. The molecule has 1 saturated heterocycles. The molecule has 0 spiro atoms. The lowest BCUT2D eigenvalue weighted by molar-refractivity contribution is 0.745. The number of hydrogen-bond donors (Lipinski definition) is 1. The van der Waals surface area contributed by atoms with E-state index in [-0.39, 0.29) is 0 Å². The number of hydrogen-bond acceptors (Lipinski definition) is 3. The standard InChI is InChI=1S/C13H19IN2S/c1-17-11-3-2-7-16(8-6-11)13-5-4-10(14)9-12(13)15/h4-5,9,11H,2-3,6-8,15H2,1H3. The molecule has 0 amide bonds. The highest BCUT2D eigenvalue weighted by Crippen LogP contribution is 2.29. The smallest absolute Gasteiger partial charge is 0.0600 e. The lowest BCUT2D eigenvalue weighted by Crippen LogP contribution is -2.25. The zero-order chi connectivity index (χ0) is 12.3. The van der Waals surface area contributed by atoms with Gasteiger partial charge in [-0.3, -0.25) is 0 Å². The fraction of sp³-hybridized carbons (Fsp3) is 0.538. The molecule has 1 aromatic rings. The van der Waals surface area contributed by atoms with Gasteiger partial charge in [-0.1, -0.05) is 0 Å². The van der Waals surface area contributed by atoms with Crippen LogP contribution in [0.5, 0.6) is 0 Å². The molecule has 1 aliphatic rings. The van der Waals surface area contributed by atoms with Crippen molar-refractivity contribution in [2.75, 3.05) is 30.0 Å². The van der Waals surface area contributed by atoms with Crippen LogP contribution in [0.25, 0.3) is 0 Å². The van der Waals surface area contributed by atoms with Gasteiger partial charge in [-0.05, 0) is 66.3 Å². The summed E-state index contributed by atoms with van der Waals surface area (Å²) in [4.78, 5) is 2.45. The molecule has 0 aromatic heterocycles. The highest BCUT2D eigenvalue weighted by atomic mass is 127. The molecule has 2 N–H and O–H groups in total. The summed E-state index contributed by atoms with van der Waals surface area (Å²) in [5, 5.41) is 0.824. The number of nitrogens with two attached hydrogens (primary N) is 1. The Kier molecular flexibility index (Phi) is 4.85. The summed E-state index contributed by atoms with van der Waals surface area (Å²) in [6.45, 7) is 2.28. The van der Waals surface area contributed by atoms with Crippen molar-refractivity contribution in [2.24, 2.45) is 0 Å². The van der Waals surface area contributed by atoms with Gasteiger partial charge in [-0.15, -0.1) is 0 Å². The molecule has 0 aliphatic carbocycles. The molecule has 2 nitrogen and oxygen atoms in total. The van der Waals surface area contributed by atoms with Gasteiger partial charge in [0.15, 0.2) is 0 Å². The van der Waals surface area contributed by atoms with Crippen LogP contribution in [0.1, 0.15) is 19.3 Å². The summed E-state index contributed by atoms with van der Waals surface area (Å²) >= 11 is 4.31. The minimum Gasteiger partial charge on any atom is -0.397 e. The third-order valence-electron chi connectivity index (χ3n) is 3.34. The topological polar surface area (TPSA) is 29.3 Å². The number of halogens is 1. The quantitative estimate of drug-likeness (QED) is 0.644. The van der Waals surface area contributed by atoms with E-state index in [2.05, 4.69) is 51.9 Å². The molecular weight excluding hydrogens is 343 g/mol. The molecule has 1 fully saturated rings. The van der Waals surface area contributed by atoms with E-state index < -0.39 is 0 Å². The van der Waals surface area contributed by atoms with Gasteiger partial charge in [0.05, 0.1) is 11.4 Å². The van der Waals surface area contributed by atoms with Crippen molar-refractivity contribution in [3.63, 3.8) is 0 Å². The van der Waals surface area contributed by atoms with Crippen LogP contribution in [0.3, 0.4) is 0 Å². The lowest BCUT2D eigenvalue weighted by atomic mass is 10.2. The molecule has 94 valence electrons. The van der Waals surface area contributed by atoms with E-state index in [1.54, 1.807) is 0 Å². The van der Waals surface area contributed by atoms with Gasteiger partial charge in [0, 0.05) is 21.9 Å². The zero-order valence-electron chi connectivity index (χ0n) is 10.2. The SMILES string of the molecule is CSC1CCCN(c2ccc(I)cc2N)CC1. The summed E-state index contributed by atoms with van der Waals surface area (Å²) < 4.78 is 1.21. The molecule has 1 atom stereocenters. The first-order valence-electron chi connectivity index (χ1n) is 6.03. The molecule has 0 radical (unpaired) electrons. The monoisotopic (exact) mass is 362 g/mol. The van der Waals surface area contributed by atoms with Gasteiger partial charge in [0.25, 0.3) is 0 Å². The van der Waals surface area contributed by atoms with Crippen molar-refractivity contribution in [1.82, 2.24) is 0 Å². The lowest BCUT2D eigenvalue weighted by Gasteiger charge is -2.24. The van der Waals surface area contributed by atoms with Crippen LogP contribution in [-0.2, 0) is 0 Å². The third kappa shape index (κ3) is 3.44. The molecule has 17 heavy (non-hydrogen) atoms. The maximum Gasteiger partial charge on any atom is 0.0600 e. The molecule has 1 heterocycles. The molecule has 0 saturated carbocycles. The van der Waals surface area contributed by atoms with Crippen molar-refractivity contribution >= 4 is 45.7 Å². The Hall–Kier alpha value is -0.100. The van der Waals surface area contributed by atoms with Crippen LogP contribution >= 0.6 is 34.4 Å². The van der Waals surface area contributed by atoms with E-state index in [1.807, 2.05) is 11.8 Å². The average Bonchev–Trinajstić information content (AvgIpc) is 2.54. The van der Waals surface area contributed by atoms with Gasteiger partial charge < -0.3 is 10.6 Å². The van der Waals surface area contributed by atoms with E-state index >= 15 is 0 Å². The molecule has 2 rings (SSSR count). The van der Waals surface area contributed by atoms with E-state index in [9.17, 15) is 0 Å². The molecule has 4 heteroatoms. The first-order valence-corrected chi connectivity index (χ1v) is 8.40. The number of rotatable bonds is 2. The van der Waals surface area contributed by atoms with Crippen molar-refractivity contribution in [1.29, 1.82) is 0 Å². The largest absolute Gasteiger partial charge is 0.397 e. The minimum atomic E-state index is 0.824. The predicted molar refractivity (Wildman–Crippen MR) is 86.9 cm³/mol. The van der Waals surface area contributed by atoms with Gasteiger partial charge in [0.1, 0.15) is 0 Å². The number of nitrogens with zero attached hydrogens (tertiary/aromatic N) is 1. The van der Waals surface area contributed by atoms with Crippen LogP contribution in [0, 0.1) is 3.57 Å². The second-order valence-electron chi connectivity index (χ2n) is 4.48. The van der Waals surface area contributed by atoms with E-state index in [4.69, 9.17) is 5.73 Å². The fourth-order valence-electron chi connectivity index (χ4n) is 2.36. The van der Waals surface area contributed by atoms with Crippen molar-refractivity contribution in [2.45, 2.75) is 24.5 Å². The van der Waals surface area contributed by atoms with Gasteiger partial charge in [-0.2, -0.15) is 11.8 Å². The van der Waals surface area contributed by atoms with Crippen LogP contribution < -0.4 is 10.6 Å². The molecule has 1 aromatic carbocycles. The van der Waals surface area contributed by atoms with Crippen LogP contribution in [0.15, 0.2) is 18.2 Å². The predicted octanol–water partition coefficient (Wildman–Crippen LogP) is 3.60. The van der Waals surface area contributed by atoms with Crippen LogP contribution in [-0.4, -0.2) is 24.6 Å². The van der Waals surface area contributed by atoms with Gasteiger partial charge >= 0.3 is 0 Å². The van der Waals surface area contributed by atoms with Crippen LogP contribution in [0.2, 0.25) is 0 Å². The Morgan fingerprint density at radius 1 is 1.35 bits per heavy atom. The highest BCUT2D eigenvalue weighted by molar-refractivity contribution is 14.1. The number of nitrogen functional groups attached to an aromatic ring is 1. The zero-order valence-corrected chi connectivity index (χ0v) is 13.1. The average molecular weight is 362 g/mol. The van der Waals surface area contributed by atoms with Crippen molar-refractivity contribution < 1.29 is 0 Å². The Balaban J connectivity index is 2.11. The Bertz CT molecular complexity index is 384.